The van der Waals surface area contributed by atoms with Crippen LogP contribution < -0.4 is 15.0 Å². The molecule has 2 heterocycles. The number of anilines is 2. The molecule has 0 atom stereocenters. The van der Waals surface area contributed by atoms with Gasteiger partial charge in [0.05, 0.1) is 18.0 Å². The van der Waals surface area contributed by atoms with Crippen LogP contribution in [0.25, 0.3) is 0 Å². The number of hydrogen-bond acceptors (Lipinski definition) is 7. The number of hydrogen-bond donors (Lipinski definition) is 1. The van der Waals surface area contributed by atoms with E-state index in [1.807, 2.05) is 24.1 Å². The van der Waals surface area contributed by atoms with Gasteiger partial charge < -0.3 is 15.0 Å². The summed E-state index contributed by atoms with van der Waals surface area (Å²) in [6, 6.07) is 4.15. The van der Waals surface area contributed by atoms with E-state index < -0.39 is 0 Å². The van der Waals surface area contributed by atoms with E-state index >= 15 is 0 Å². The first-order chi connectivity index (χ1) is 9.12. The van der Waals surface area contributed by atoms with Gasteiger partial charge in [-0.15, -0.1) is 11.3 Å². The molecule has 0 unspecified atom stereocenters. The summed E-state index contributed by atoms with van der Waals surface area (Å²) in [5.41, 5.74) is 0. The Balaban J connectivity index is 2.20. The second-order valence-electron chi connectivity index (χ2n) is 3.76. The highest BCUT2D eigenvalue weighted by atomic mass is 35.5. The van der Waals surface area contributed by atoms with Crippen LogP contribution in [0.4, 0.5) is 11.9 Å². The summed E-state index contributed by atoms with van der Waals surface area (Å²) in [4.78, 5) is 15.6. The molecule has 0 aromatic carbocycles. The molecule has 0 spiro atoms. The van der Waals surface area contributed by atoms with Crippen molar-refractivity contribution in [3.8, 4) is 6.01 Å². The monoisotopic (exact) mass is 299 g/mol. The molecule has 2 aromatic heterocycles. The lowest BCUT2D eigenvalue weighted by Gasteiger charge is -2.16. The molecule has 0 aliphatic rings. The van der Waals surface area contributed by atoms with Crippen LogP contribution in [-0.4, -0.2) is 36.2 Å². The third-order valence-corrected chi connectivity index (χ3v) is 3.59. The van der Waals surface area contributed by atoms with E-state index in [1.165, 1.54) is 18.4 Å². The van der Waals surface area contributed by atoms with Gasteiger partial charge in [-0.2, -0.15) is 15.0 Å². The van der Waals surface area contributed by atoms with Crippen molar-refractivity contribution in [2.24, 2.45) is 0 Å². The van der Waals surface area contributed by atoms with E-state index in [-0.39, 0.29) is 6.01 Å². The highest BCUT2D eigenvalue weighted by Crippen LogP contribution is 2.24. The molecule has 6 nitrogen and oxygen atoms in total. The average Bonchev–Trinajstić information content (AvgIpc) is 2.83. The lowest BCUT2D eigenvalue weighted by Crippen LogP contribution is -2.19. The molecule has 19 heavy (non-hydrogen) atoms. The molecule has 8 heteroatoms. The number of nitrogens with one attached hydrogen (secondary N) is 1. The SMILES string of the molecule is CNc1nc(OC)nc(N(C)Cc2ccc(Cl)s2)n1. The van der Waals surface area contributed by atoms with Crippen molar-refractivity contribution in [2.75, 3.05) is 31.4 Å². The van der Waals surface area contributed by atoms with E-state index in [4.69, 9.17) is 16.3 Å². The normalized spacial score (nSPS) is 10.3. The Hall–Kier alpha value is -1.60. The number of aromatic nitrogens is 3. The number of ether oxygens (including phenoxy) is 1. The van der Waals surface area contributed by atoms with Crippen LogP contribution in [0.2, 0.25) is 4.34 Å². The molecular formula is C11H14ClN5OS. The standard InChI is InChI=1S/C11H14ClN5OS/c1-13-9-14-10(16-11(15-9)18-3)17(2)6-7-4-5-8(12)19-7/h4-5H,6H2,1-3H3,(H,13,14,15,16). The fourth-order valence-corrected chi connectivity index (χ4v) is 2.60. The summed E-state index contributed by atoms with van der Waals surface area (Å²) >= 11 is 7.45. The maximum Gasteiger partial charge on any atom is 0.322 e. The van der Waals surface area contributed by atoms with Crippen LogP contribution in [0.3, 0.4) is 0 Å². The van der Waals surface area contributed by atoms with Gasteiger partial charge in [-0.1, -0.05) is 11.6 Å². The van der Waals surface area contributed by atoms with Crippen molar-refractivity contribution in [1.29, 1.82) is 0 Å². The molecule has 0 aliphatic carbocycles. The fraction of sp³-hybridized carbons (Fsp3) is 0.364. The minimum absolute atomic E-state index is 0.283. The number of methoxy groups -OCH3 is 1. The largest absolute Gasteiger partial charge is 0.467 e. The van der Waals surface area contributed by atoms with E-state index in [9.17, 15) is 0 Å². The first-order valence-electron chi connectivity index (χ1n) is 5.55. The Morgan fingerprint density at radius 2 is 2.16 bits per heavy atom. The van der Waals surface area contributed by atoms with Crippen LogP contribution >= 0.6 is 22.9 Å². The van der Waals surface area contributed by atoms with Crippen molar-refractivity contribution in [3.05, 3.63) is 21.3 Å². The summed E-state index contributed by atoms with van der Waals surface area (Å²) in [6.45, 7) is 0.674. The van der Waals surface area contributed by atoms with Crippen molar-refractivity contribution in [1.82, 2.24) is 15.0 Å². The fourth-order valence-electron chi connectivity index (χ4n) is 1.46. The highest BCUT2D eigenvalue weighted by molar-refractivity contribution is 7.16. The molecule has 102 valence electrons. The Labute approximate surface area is 120 Å². The summed E-state index contributed by atoms with van der Waals surface area (Å²) in [7, 11) is 5.18. The number of nitrogens with zero attached hydrogens (tertiary/aromatic N) is 4. The Kier molecular flexibility index (Phi) is 4.39. The van der Waals surface area contributed by atoms with Crippen molar-refractivity contribution in [2.45, 2.75) is 6.54 Å². The second-order valence-corrected chi connectivity index (χ2v) is 5.56. The zero-order chi connectivity index (χ0) is 13.8. The van der Waals surface area contributed by atoms with Crippen molar-refractivity contribution in [3.63, 3.8) is 0 Å². The predicted molar refractivity (Wildman–Crippen MR) is 77.4 cm³/mol. The first-order valence-corrected chi connectivity index (χ1v) is 6.75. The van der Waals surface area contributed by atoms with Gasteiger partial charge in [-0.05, 0) is 12.1 Å². The number of halogens is 1. The molecule has 0 amide bonds. The Morgan fingerprint density at radius 1 is 1.37 bits per heavy atom. The van der Waals surface area contributed by atoms with Gasteiger partial charge in [0.25, 0.3) is 0 Å². The topological polar surface area (TPSA) is 63.2 Å². The third kappa shape index (κ3) is 3.45. The van der Waals surface area contributed by atoms with Gasteiger partial charge in [-0.3, -0.25) is 0 Å². The van der Waals surface area contributed by atoms with Gasteiger partial charge in [0.2, 0.25) is 11.9 Å². The van der Waals surface area contributed by atoms with Crippen LogP contribution in [0.1, 0.15) is 4.88 Å². The predicted octanol–water partition coefficient (Wildman–Crippen LogP) is 2.27. The van der Waals surface area contributed by atoms with Gasteiger partial charge in [0.1, 0.15) is 0 Å². The Morgan fingerprint density at radius 3 is 2.74 bits per heavy atom. The minimum Gasteiger partial charge on any atom is -0.467 e. The molecule has 2 rings (SSSR count). The lowest BCUT2D eigenvalue weighted by atomic mass is 10.4. The molecule has 0 bridgehead atoms. The molecule has 0 saturated heterocycles. The number of thiophene rings is 1. The summed E-state index contributed by atoms with van der Waals surface area (Å²) in [5, 5.41) is 2.88. The first kappa shape index (κ1) is 13.8. The average molecular weight is 300 g/mol. The maximum atomic E-state index is 5.91. The van der Waals surface area contributed by atoms with Gasteiger partial charge in [-0.25, -0.2) is 0 Å². The summed E-state index contributed by atoms with van der Waals surface area (Å²) in [6.07, 6.45) is 0. The molecule has 1 N–H and O–H groups in total. The molecule has 0 saturated carbocycles. The second kappa shape index (κ2) is 6.03. The lowest BCUT2D eigenvalue weighted by molar-refractivity contribution is 0.379. The van der Waals surface area contributed by atoms with E-state index in [1.54, 1.807) is 7.05 Å². The maximum absolute atomic E-state index is 5.91. The van der Waals surface area contributed by atoms with E-state index in [0.717, 1.165) is 9.21 Å². The zero-order valence-electron chi connectivity index (χ0n) is 10.8. The molecule has 2 aromatic rings. The molecule has 0 radical (unpaired) electrons. The quantitative estimate of drug-likeness (QED) is 0.914. The smallest absolute Gasteiger partial charge is 0.322 e. The Bertz CT molecular complexity index is 540. The van der Waals surface area contributed by atoms with E-state index in [2.05, 4.69) is 20.3 Å². The van der Waals surface area contributed by atoms with Crippen LogP contribution in [0.5, 0.6) is 6.01 Å². The van der Waals surface area contributed by atoms with Crippen LogP contribution in [-0.2, 0) is 6.54 Å². The molecule has 0 aliphatic heterocycles. The van der Waals surface area contributed by atoms with E-state index in [0.29, 0.717) is 18.4 Å². The zero-order valence-corrected chi connectivity index (χ0v) is 12.4. The van der Waals surface area contributed by atoms with Gasteiger partial charge in [0.15, 0.2) is 0 Å². The highest BCUT2D eigenvalue weighted by Gasteiger charge is 2.11. The van der Waals surface area contributed by atoms with Gasteiger partial charge >= 0.3 is 6.01 Å². The van der Waals surface area contributed by atoms with Crippen LogP contribution in [0.15, 0.2) is 12.1 Å². The van der Waals surface area contributed by atoms with Gasteiger partial charge in [0, 0.05) is 19.0 Å². The summed E-state index contributed by atoms with van der Waals surface area (Å²) < 4.78 is 5.83. The number of rotatable bonds is 5. The van der Waals surface area contributed by atoms with Crippen molar-refractivity contribution < 1.29 is 4.74 Å². The summed E-state index contributed by atoms with van der Waals surface area (Å²) in [5.74, 6) is 1.01. The van der Waals surface area contributed by atoms with Crippen molar-refractivity contribution >= 4 is 34.8 Å². The molecule has 0 fully saturated rings. The third-order valence-electron chi connectivity index (χ3n) is 2.37. The molecular weight excluding hydrogens is 286 g/mol. The minimum atomic E-state index is 0.283. The van der Waals surface area contributed by atoms with Crippen LogP contribution in [0, 0.1) is 0 Å².